The zero-order valence-electron chi connectivity index (χ0n) is 18.3. The monoisotopic (exact) mass is 430 g/mol. The van der Waals surface area contributed by atoms with Gasteiger partial charge in [-0.2, -0.15) is 4.98 Å². The molecule has 0 aliphatic heterocycles. The van der Waals surface area contributed by atoms with Gasteiger partial charge in [-0.3, -0.25) is 0 Å². The number of aromatic carboxylic acids is 1. The molecule has 3 N–H and O–H groups in total. The molecule has 1 atom stereocenters. The zero-order chi connectivity index (χ0) is 23.0. The molecule has 0 bridgehead atoms. The summed E-state index contributed by atoms with van der Waals surface area (Å²) < 4.78 is 5.81. The molecule has 1 unspecified atom stereocenters. The van der Waals surface area contributed by atoms with Gasteiger partial charge < -0.3 is 19.9 Å². The lowest BCUT2D eigenvalue weighted by molar-refractivity contribution is 0.0378. The van der Waals surface area contributed by atoms with Crippen LogP contribution in [0.2, 0.25) is 0 Å². The minimum absolute atomic E-state index is 0.0674. The van der Waals surface area contributed by atoms with Gasteiger partial charge in [0.25, 0.3) is 6.01 Å². The Hall–Kier alpha value is -3.64. The van der Waals surface area contributed by atoms with E-state index in [0.29, 0.717) is 11.3 Å². The molecule has 1 aliphatic carbocycles. The predicted molar refractivity (Wildman–Crippen MR) is 126 cm³/mol. The van der Waals surface area contributed by atoms with E-state index in [0.717, 1.165) is 34.2 Å². The molecule has 0 spiro atoms. The van der Waals surface area contributed by atoms with Crippen LogP contribution in [0.4, 0.5) is 0 Å². The fourth-order valence-corrected chi connectivity index (χ4v) is 3.87. The third-order valence-corrected chi connectivity index (χ3v) is 5.82. The number of carboxylic acids is 1. The smallest absolute Gasteiger partial charge is 0.336 e. The van der Waals surface area contributed by atoms with Crippen molar-refractivity contribution in [2.24, 2.45) is 5.92 Å². The Kier molecular flexibility index (Phi) is 5.48. The van der Waals surface area contributed by atoms with Crippen LogP contribution >= 0.6 is 0 Å². The van der Waals surface area contributed by atoms with Gasteiger partial charge in [-0.1, -0.05) is 36.9 Å². The van der Waals surface area contributed by atoms with Crippen LogP contribution in [0.1, 0.15) is 47.3 Å². The number of hydrogen-bond donors (Lipinski definition) is 3. The number of imidazole rings is 1. The van der Waals surface area contributed by atoms with Crippen LogP contribution in [0.5, 0.6) is 11.8 Å². The first-order valence-electron chi connectivity index (χ1n) is 10.4. The summed E-state index contributed by atoms with van der Waals surface area (Å²) in [6, 6.07) is 9.13. The van der Waals surface area contributed by atoms with E-state index in [9.17, 15) is 15.0 Å². The summed E-state index contributed by atoms with van der Waals surface area (Å²) in [5.74, 6) is -0.539. The average Bonchev–Trinajstić information content (AvgIpc) is 3.14. The Balaban J connectivity index is 1.65. The molecule has 3 aromatic rings. The van der Waals surface area contributed by atoms with Crippen molar-refractivity contribution in [3.8, 4) is 11.8 Å². The summed E-state index contributed by atoms with van der Waals surface area (Å²) in [5.41, 5.74) is 4.61. The lowest BCUT2D eigenvalue weighted by atomic mass is 9.82. The van der Waals surface area contributed by atoms with Crippen LogP contribution in [0, 0.1) is 12.8 Å². The minimum atomic E-state index is -1.00. The molecule has 2 aromatic carbocycles. The highest BCUT2D eigenvalue weighted by Crippen LogP contribution is 2.34. The van der Waals surface area contributed by atoms with E-state index >= 15 is 0 Å². The average molecular weight is 431 g/mol. The number of fused-ring (bicyclic) bond motifs is 1. The van der Waals surface area contributed by atoms with Gasteiger partial charge in [0.05, 0.1) is 22.2 Å². The Bertz CT molecular complexity index is 1270. The summed E-state index contributed by atoms with van der Waals surface area (Å²) in [6.45, 7) is 9.33. The molecule has 0 amide bonds. The molecular weight excluding hydrogens is 404 g/mol. The minimum Gasteiger partial charge on any atom is -0.478 e. The lowest BCUT2D eigenvalue weighted by Crippen LogP contribution is -2.29. The summed E-state index contributed by atoms with van der Waals surface area (Å²) >= 11 is 0. The number of H-pyrrole nitrogens is 1. The van der Waals surface area contributed by atoms with Crippen molar-refractivity contribution in [1.82, 2.24) is 9.97 Å². The first-order chi connectivity index (χ1) is 15.2. The lowest BCUT2D eigenvalue weighted by Gasteiger charge is -2.28. The number of benzene rings is 2. The molecule has 1 aromatic heterocycles. The molecule has 164 valence electrons. The third kappa shape index (κ3) is 4.22. The maximum atomic E-state index is 11.4. The molecule has 6 nitrogen and oxygen atoms in total. The fourth-order valence-electron chi connectivity index (χ4n) is 3.87. The maximum absolute atomic E-state index is 11.4. The van der Waals surface area contributed by atoms with Gasteiger partial charge in [0.15, 0.2) is 0 Å². The van der Waals surface area contributed by atoms with Gasteiger partial charge in [-0.05, 0) is 73.7 Å². The zero-order valence-corrected chi connectivity index (χ0v) is 18.3. The number of rotatable bonds is 6. The maximum Gasteiger partial charge on any atom is 0.336 e. The van der Waals surface area contributed by atoms with Crippen molar-refractivity contribution >= 4 is 28.7 Å². The van der Waals surface area contributed by atoms with E-state index in [-0.39, 0.29) is 17.5 Å². The number of allylic oxidation sites excluding steroid dienone is 3. The third-order valence-electron chi connectivity index (χ3n) is 5.82. The molecule has 4 rings (SSSR count). The number of aliphatic hydroxyl groups is 1. The summed E-state index contributed by atoms with van der Waals surface area (Å²) in [4.78, 5) is 19.1. The van der Waals surface area contributed by atoms with E-state index in [4.69, 9.17) is 4.74 Å². The van der Waals surface area contributed by atoms with Crippen molar-refractivity contribution in [3.05, 3.63) is 77.4 Å². The van der Waals surface area contributed by atoms with E-state index in [1.807, 2.05) is 38.1 Å². The van der Waals surface area contributed by atoms with E-state index in [1.54, 1.807) is 25.1 Å². The first kappa shape index (κ1) is 21.6. The fraction of sp³-hybridized carbons (Fsp3) is 0.231. The molecule has 6 heteroatoms. The molecule has 1 heterocycles. The Labute approximate surface area is 186 Å². The standard InChI is InChI=1S/C26H26N2O4/c1-5-16-12-22-23(14-21(16)17-7-9-18(10-8-17)26(3,4)31)28-25(27-22)32-19-11-6-15(2)20(13-19)24(29)30/h5-9,11-14,18,31H,1,10H2,2-4H3,(H,27,28)(H,29,30). The number of carboxylic acid groups (broad SMARTS) is 1. The number of ether oxygens (including phenoxy) is 1. The second kappa shape index (κ2) is 8.13. The highest BCUT2D eigenvalue weighted by Gasteiger charge is 2.25. The van der Waals surface area contributed by atoms with Crippen LogP contribution in [0.25, 0.3) is 22.7 Å². The Morgan fingerprint density at radius 2 is 2.09 bits per heavy atom. The van der Waals surface area contributed by atoms with E-state index in [2.05, 4.69) is 22.6 Å². The van der Waals surface area contributed by atoms with Crippen molar-refractivity contribution in [2.75, 3.05) is 0 Å². The number of nitrogens with zero attached hydrogens (tertiary/aromatic N) is 1. The largest absolute Gasteiger partial charge is 0.478 e. The molecule has 0 saturated carbocycles. The van der Waals surface area contributed by atoms with Gasteiger partial charge in [0.2, 0.25) is 0 Å². The molecule has 1 aliphatic rings. The topological polar surface area (TPSA) is 95.4 Å². The van der Waals surface area contributed by atoms with Crippen LogP contribution in [-0.4, -0.2) is 31.8 Å². The molecular formula is C26H26N2O4. The van der Waals surface area contributed by atoms with Gasteiger partial charge in [0.1, 0.15) is 5.75 Å². The highest BCUT2D eigenvalue weighted by molar-refractivity contribution is 5.90. The first-order valence-corrected chi connectivity index (χ1v) is 10.4. The number of hydrogen-bond acceptors (Lipinski definition) is 4. The quantitative estimate of drug-likeness (QED) is 0.464. The van der Waals surface area contributed by atoms with Gasteiger partial charge >= 0.3 is 5.97 Å². The SMILES string of the molecule is C=Cc1cc2[nH]c(Oc3ccc(C)c(C(=O)O)c3)nc2cc1C1=CCC(C(C)(C)O)C=C1. The number of aryl methyl sites for hydroxylation is 1. The molecule has 0 saturated heterocycles. The van der Waals surface area contributed by atoms with E-state index in [1.165, 1.54) is 6.07 Å². The Morgan fingerprint density at radius 3 is 2.72 bits per heavy atom. The van der Waals surface area contributed by atoms with E-state index < -0.39 is 11.6 Å². The summed E-state index contributed by atoms with van der Waals surface area (Å²) in [7, 11) is 0. The van der Waals surface area contributed by atoms with Gasteiger partial charge in [-0.25, -0.2) is 4.79 Å². The predicted octanol–water partition coefficient (Wildman–Crippen LogP) is 5.74. The van der Waals surface area contributed by atoms with Crippen LogP contribution < -0.4 is 4.74 Å². The summed E-state index contributed by atoms with van der Waals surface area (Å²) in [5, 5.41) is 19.6. The molecule has 32 heavy (non-hydrogen) atoms. The number of aromatic amines is 1. The second-order valence-electron chi connectivity index (χ2n) is 8.60. The van der Waals surface area contributed by atoms with Crippen molar-refractivity contribution < 1.29 is 19.7 Å². The van der Waals surface area contributed by atoms with Crippen molar-refractivity contribution in [3.63, 3.8) is 0 Å². The summed E-state index contributed by atoms with van der Waals surface area (Å²) in [6.07, 6.45) is 8.75. The molecule has 0 radical (unpaired) electrons. The van der Waals surface area contributed by atoms with Gasteiger partial charge in [0, 0.05) is 5.92 Å². The normalized spacial score (nSPS) is 16.1. The van der Waals surface area contributed by atoms with Crippen molar-refractivity contribution in [1.29, 1.82) is 0 Å². The second-order valence-corrected chi connectivity index (χ2v) is 8.60. The van der Waals surface area contributed by atoms with Crippen LogP contribution in [0.3, 0.4) is 0 Å². The Morgan fingerprint density at radius 1 is 1.31 bits per heavy atom. The highest BCUT2D eigenvalue weighted by atomic mass is 16.5. The molecule has 0 fully saturated rings. The van der Waals surface area contributed by atoms with Crippen LogP contribution in [0.15, 0.2) is 55.1 Å². The number of carbonyl (C=O) groups is 1. The van der Waals surface area contributed by atoms with Gasteiger partial charge in [-0.15, -0.1) is 0 Å². The number of nitrogens with one attached hydrogen (secondary N) is 1. The number of aromatic nitrogens is 2. The van der Waals surface area contributed by atoms with Crippen LogP contribution in [-0.2, 0) is 0 Å². The van der Waals surface area contributed by atoms with Crippen molar-refractivity contribution in [2.45, 2.75) is 32.8 Å².